The number of Topliss-reactive ketones (excluding diaryl/α,β-unsaturated/α-hetero) is 1. The molecular formula is C18H20O3. The van der Waals surface area contributed by atoms with E-state index in [1.807, 2.05) is 50.2 Å². The number of rotatable bonds is 5. The molecule has 0 spiro atoms. The van der Waals surface area contributed by atoms with Crippen LogP contribution in [0.3, 0.4) is 0 Å². The van der Waals surface area contributed by atoms with Gasteiger partial charge in [0.1, 0.15) is 11.5 Å². The molecule has 0 saturated heterocycles. The van der Waals surface area contributed by atoms with Crippen molar-refractivity contribution in [1.82, 2.24) is 0 Å². The number of methoxy groups -OCH3 is 2. The smallest absolute Gasteiger partial charge is 0.173 e. The van der Waals surface area contributed by atoms with Crippen molar-refractivity contribution in [2.24, 2.45) is 0 Å². The number of benzene rings is 2. The minimum atomic E-state index is -0.229. The maximum atomic E-state index is 12.8. The Hall–Kier alpha value is -2.29. The summed E-state index contributed by atoms with van der Waals surface area (Å²) >= 11 is 0. The number of carbonyl (C=O) groups is 1. The summed E-state index contributed by atoms with van der Waals surface area (Å²) in [5.74, 6) is 1.07. The quantitative estimate of drug-likeness (QED) is 0.778. The van der Waals surface area contributed by atoms with E-state index in [2.05, 4.69) is 0 Å². The molecule has 0 fully saturated rings. The molecule has 1 atom stereocenters. The number of ether oxygens (including phenoxy) is 2. The van der Waals surface area contributed by atoms with Gasteiger partial charge in [-0.15, -0.1) is 0 Å². The van der Waals surface area contributed by atoms with Gasteiger partial charge in [-0.1, -0.05) is 37.3 Å². The third-order valence-corrected chi connectivity index (χ3v) is 3.68. The summed E-state index contributed by atoms with van der Waals surface area (Å²) in [7, 11) is 3.18. The largest absolute Gasteiger partial charge is 0.496 e. The Bertz CT molecular complexity index is 632. The predicted molar refractivity (Wildman–Crippen MR) is 83.5 cm³/mol. The van der Waals surface area contributed by atoms with E-state index in [0.29, 0.717) is 17.1 Å². The predicted octanol–water partition coefficient (Wildman–Crippen LogP) is 4.00. The lowest BCUT2D eigenvalue weighted by Crippen LogP contribution is -2.11. The van der Waals surface area contributed by atoms with Gasteiger partial charge < -0.3 is 9.47 Å². The number of hydrogen-bond donors (Lipinski definition) is 0. The van der Waals surface area contributed by atoms with Gasteiger partial charge in [-0.2, -0.15) is 0 Å². The first-order valence-electron chi connectivity index (χ1n) is 6.90. The molecule has 21 heavy (non-hydrogen) atoms. The Kier molecular flexibility index (Phi) is 4.63. The van der Waals surface area contributed by atoms with Crippen LogP contribution in [0, 0.1) is 6.92 Å². The fraction of sp³-hybridized carbons (Fsp3) is 0.278. The Labute approximate surface area is 125 Å². The van der Waals surface area contributed by atoms with Crippen molar-refractivity contribution in [3.8, 4) is 11.5 Å². The topological polar surface area (TPSA) is 35.5 Å². The number of carbonyl (C=O) groups excluding carboxylic acids is 1. The van der Waals surface area contributed by atoms with E-state index in [-0.39, 0.29) is 11.7 Å². The second kappa shape index (κ2) is 6.44. The van der Waals surface area contributed by atoms with Crippen LogP contribution in [-0.2, 0) is 0 Å². The van der Waals surface area contributed by atoms with Gasteiger partial charge in [0.25, 0.3) is 0 Å². The molecule has 0 heterocycles. The van der Waals surface area contributed by atoms with Crippen molar-refractivity contribution >= 4 is 5.78 Å². The van der Waals surface area contributed by atoms with E-state index in [1.165, 1.54) is 0 Å². The van der Waals surface area contributed by atoms with Gasteiger partial charge in [0.2, 0.25) is 0 Å². The average Bonchev–Trinajstić information content (AvgIpc) is 2.54. The lowest BCUT2D eigenvalue weighted by molar-refractivity contribution is 0.0962. The van der Waals surface area contributed by atoms with Crippen molar-refractivity contribution in [2.45, 2.75) is 19.8 Å². The summed E-state index contributed by atoms with van der Waals surface area (Å²) < 4.78 is 10.7. The molecule has 0 N–H and O–H groups in total. The number of ketones is 1. The first-order valence-corrected chi connectivity index (χ1v) is 6.90. The monoisotopic (exact) mass is 284 g/mol. The van der Waals surface area contributed by atoms with Crippen LogP contribution >= 0.6 is 0 Å². The van der Waals surface area contributed by atoms with Crippen molar-refractivity contribution in [3.05, 3.63) is 59.2 Å². The Morgan fingerprint density at radius 3 is 2.19 bits per heavy atom. The summed E-state index contributed by atoms with van der Waals surface area (Å²) in [5.41, 5.74) is 2.48. The van der Waals surface area contributed by atoms with E-state index in [9.17, 15) is 4.79 Å². The standard InChI is InChI=1S/C18H20O3/c1-12-10-17(21-4)15(11-16(12)20-3)18(19)13(2)14-8-6-5-7-9-14/h5-11,13H,1-4H3. The molecule has 1 unspecified atom stereocenters. The Balaban J connectivity index is 2.43. The van der Waals surface area contributed by atoms with Crippen molar-refractivity contribution in [2.75, 3.05) is 14.2 Å². The third kappa shape index (κ3) is 3.07. The van der Waals surface area contributed by atoms with E-state index < -0.39 is 0 Å². The minimum absolute atomic E-state index is 0.0244. The molecular weight excluding hydrogens is 264 g/mol. The summed E-state index contributed by atoms with van der Waals surface area (Å²) in [6.07, 6.45) is 0. The van der Waals surface area contributed by atoms with Crippen molar-refractivity contribution < 1.29 is 14.3 Å². The van der Waals surface area contributed by atoms with Crippen LogP contribution in [0.2, 0.25) is 0 Å². The van der Waals surface area contributed by atoms with Crippen molar-refractivity contribution in [3.63, 3.8) is 0 Å². The van der Waals surface area contributed by atoms with Crippen LogP contribution in [0.15, 0.2) is 42.5 Å². The van der Waals surface area contributed by atoms with Crippen LogP contribution < -0.4 is 9.47 Å². The molecule has 0 aliphatic heterocycles. The Morgan fingerprint density at radius 1 is 1.00 bits per heavy atom. The molecule has 0 radical (unpaired) electrons. The second-order valence-corrected chi connectivity index (χ2v) is 5.02. The minimum Gasteiger partial charge on any atom is -0.496 e. The fourth-order valence-corrected chi connectivity index (χ4v) is 2.37. The average molecular weight is 284 g/mol. The van der Waals surface area contributed by atoms with E-state index in [0.717, 1.165) is 11.1 Å². The molecule has 0 saturated carbocycles. The van der Waals surface area contributed by atoms with E-state index in [1.54, 1.807) is 20.3 Å². The molecule has 3 nitrogen and oxygen atoms in total. The molecule has 2 rings (SSSR count). The van der Waals surface area contributed by atoms with E-state index >= 15 is 0 Å². The maximum Gasteiger partial charge on any atom is 0.173 e. The van der Waals surface area contributed by atoms with Gasteiger partial charge in [-0.3, -0.25) is 4.79 Å². The summed E-state index contributed by atoms with van der Waals surface area (Å²) in [5, 5.41) is 0. The molecule has 0 aliphatic rings. The molecule has 0 bridgehead atoms. The van der Waals surface area contributed by atoms with Gasteiger partial charge in [-0.05, 0) is 30.2 Å². The molecule has 0 amide bonds. The Morgan fingerprint density at radius 2 is 1.62 bits per heavy atom. The molecule has 110 valence electrons. The highest BCUT2D eigenvalue weighted by Gasteiger charge is 2.22. The second-order valence-electron chi connectivity index (χ2n) is 5.02. The molecule has 3 heteroatoms. The molecule has 0 aliphatic carbocycles. The van der Waals surface area contributed by atoms with Gasteiger partial charge in [-0.25, -0.2) is 0 Å². The molecule has 2 aromatic rings. The van der Waals surface area contributed by atoms with Crippen LogP contribution in [0.4, 0.5) is 0 Å². The SMILES string of the molecule is COc1cc(C(=O)C(C)c2ccccc2)c(OC)cc1C. The summed E-state index contributed by atoms with van der Waals surface area (Å²) in [4.78, 5) is 12.8. The molecule has 0 aromatic heterocycles. The van der Waals surface area contributed by atoms with E-state index in [4.69, 9.17) is 9.47 Å². The normalized spacial score (nSPS) is 11.8. The fourth-order valence-electron chi connectivity index (χ4n) is 2.37. The highest BCUT2D eigenvalue weighted by molar-refractivity contribution is 6.03. The zero-order valence-electron chi connectivity index (χ0n) is 12.8. The highest BCUT2D eigenvalue weighted by Crippen LogP contribution is 2.32. The van der Waals surface area contributed by atoms with Gasteiger partial charge in [0.15, 0.2) is 5.78 Å². The van der Waals surface area contributed by atoms with Gasteiger partial charge >= 0.3 is 0 Å². The number of hydrogen-bond acceptors (Lipinski definition) is 3. The van der Waals surface area contributed by atoms with Gasteiger partial charge in [0, 0.05) is 5.92 Å². The lowest BCUT2D eigenvalue weighted by Gasteiger charge is -2.16. The van der Waals surface area contributed by atoms with Crippen LogP contribution in [0.1, 0.15) is 34.3 Å². The summed E-state index contributed by atoms with van der Waals surface area (Å²) in [6, 6.07) is 13.3. The highest BCUT2D eigenvalue weighted by atomic mass is 16.5. The zero-order valence-corrected chi connectivity index (χ0v) is 12.8. The van der Waals surface area contributed by atoms with Crippen LogP contribution in [-0.4, -0.2) is 20.0 Å². The first kappa shape index (κ1) is 15.1. The number of aryl methyl sites for hydroxylation is 1. The third-order valence-electron chi connectivity index (χ3n) is 3.68. The maximum absolute atomic E-state index is 12.8. The van der Waals surface area contributed by atoms with Gasteiger partial charge in [0.05, 0.1) is 19.8 Å². The first-order chi connectivity index (χ1) is 10.1. The van der Waals surface area contributed by atoms with Crippen LogP contribution in [0.5, 0.6) is 11.5 Å². The van der Waals surface area contributed by atoms with Crippen molar-refractivity contribution in [1.29, 1.82) is 0 Å². The summed E-state index contributed by atoms with van der Waals surface area (Å²) in [6.45, 7) is 3.83. The zero-order chi connectivity index (χ0) is 15.4. The van der Waals surface area contributed by atoms with Crippen LogP contribution in [0.25, 0.3) is 0 Å². The molecule has 2 aromatic carbocycles. The lowest BCUT2D eigenvalue weighted by atomic mass is 9.91.